The van der Waals surface area contributed by atoms with Crippen LogP contribution in [0.25, 0.3) is 0 Å². The van der Waals surface area contributed by atoms with Crippen molar-refractivity contribution in [2.24, 2.45) is 5.73 Å². The van der Waals surface area contributed by atoms with Gasteiger partial charge in [-0.15, -0.1) is 0 Å². The van der Waals surface area contributed by atoms with Crippen molar-refractivity contribution in [3.05, 3.63) is 24.0 Å². The van der Waals surface area contributed by atoms with E-state index in [1.54, 1.807) is 6.20 Å². The van der Waals surface area contributed by atoms with Gasteiger partial charge in [0.1, 0.15) is 10.7 Å². The summed E-state index contributed by atoms with van der Waals surface area (Å²) in [5.74, 6) is 0. The number of anilines is 1. The van der Waals surface area contributed by atoms with Gasteiger partial charge in [-0.1, -0.05) is 12.2 Å². The average Bonchev–Trinajstić information content (AvgIpc) is 2.65. The maximum atomic E-state index is 9.46. The molecule has 5 heteroatoms. The minimum atomic E-state index is -0.260. The Morgan fingerprint density at radius 2 is 2.47 bits per heavy atom. The molecule has 0 spiro atoms. The van der Waals surface area contributed by atoms with E-state index in [9.17, 15) is 5.11 Å². The zero-order valence-corrected chi connectivity index (χ0v) is 9.07. The lowest BCUT2D eigenvalue weighted by Crippen LogP contribution is -2.25. The lowest BCUT2D eigenvalue weighted by molar-refractivity contribution is 0.198. The number of aromatic nitrogens is 1. The number of nitrogens with two attached hydrogens (primary N) is 1. The van der Waals surface area contributed by atoms with Crippen LogP contribution in [-0.2, 0) is 0 Å². The summed E-state index contributed by atoms with van der Waals surface area (Å²) in [4.78, 5) is 6.52. The Kier molecular flexibility index (Phi) is 2.83. The van der Waals surface area contributed by atoms with Crippen LogP contribution >= 0.6 is 12.2 Å². The molecule has 80 valence electrons. The summed E-state index contributed by atoms with van der Waals surface area (Å²) in [7, 11) is 0. The average molecular weight is 223 g/mol. The molecular weight excluding hydrogens is 210 g/mol. The zero-order valence-electron chi connectivity index (χ0n) is 8.26. The molecule has 1 aliphatic heterocycles. The molecule has 1 aromatic heterocycles. The summed E-state index contributed by atoms with van der Waals surface area (Å²) in [5.41, 5.74) is 7.16. The van der Waals surface area contributed by atoms with Crippen LogP contribution in [0, 0.1) is 0 Å². The number of hydrogen-bond acceptors (Lipinski definition) is 4. The van der Waals surface area contributed by atoms with Crippen molar-refractivity contribution >= 4 is 22.9 Å². The van der Waals surface area contributed by atoms with E-state index in [-0.39, 0.29) is 6.10 Å². The fourth-order valence-electron chi connectivity index (χ4n) is 1.80. The van der Waals surface area contributed by atoms with E-state index < -0.39 is 0 Å². The molecule has 4 nitrogen and oxygen atoms in total. The van der Waals surface area contributed by atoms with Crippen molar-refractivity contribution in [2.45, 2.75) is 12.5 Å². The fourth-order valence-corrected chi connectivity index (χ4v) is 1.96. The predicted molar refractivity (Wildman–Crippen MR) is 63.0 cm³/mol. The van der Waals surface area contributed by atoms with Gasteiger partial charge < -0.3 is 15.7 Å². The number of pyridine rings is 1. The summed E-state index contributed by atoms with van der Waals surface area (Å²) in [6.45, 7) is 1.45. The summed E-state index contributed by atoms with van der Waals surface area (Å²) in [6, 6.07) is 3.78. The van der Waals surface area contributed by atoms with Crippen LogP contribution in [0.3, 0.4) is 0 Å². The van der Waals surface area contributed by atoms with Crippen molar-refractivity contribution in [1.82, 2.24) is 4.98 Å². The number of rotatable bonds is 2. The van der Waals surface area contributed by atoms with Crippen molar-refractivity contribution in [3.8, 4) is 0 Å². The van der Waals surface area contributed by atoms with Crippen molar-refractivity contribution in [3.63, 3.8) is 0 Å². The van der Waals surface area contributed by atoms with Gasteiger partial charge in [0.25, 0.3) is 0 Å². The summed E-state index contributed by atoms with van der Waals surface area (Å²) >= 11 is 4.94. The minimum Gasteiger partial charge on any atom is -0.391 e. The van der Waals surface area contributed by atoms with E-state index in [0.29, 0.717) is 17.2 Å². The summed E-state index contributed by atoms with van der Waals surface area (Å²) in [5, 5.41) is 9.46. The van der Waals surface area contributed by atoms with Gasteiger partial charge in [-0.2, -0.15) is 0 Å². The Morgan fingerprint density at radius 3 is 3.07 bits per heavy atom. The first-order valence-corrected chi connectivity index (χ1v) is 5.27. The molecule has 1 aliphatic rings. The third kappa shape index (κ3) is 2.08. The van der Waals surface area contributed by atoms with Crippen LogP contribution in [0.15, 0.2) is 18.3 Å². The molecule has 2 heterocycles. The minimum absolute atomic E-state index is 0.260. The SMILES string of the molecule is NC(=S)c1ncccc1N1CCC(O)C1. The topological polar surface area (TPSA) is 62.4 Å². The van der Waals surface area contributed by atoms with Crippen LogP contribution in [-0.4, -0.2) is 34.3 Å². The molecule has 0 amide bonds. The van der Waals surface area contributed by atoms with Crippen LogP contribution in [0.4, 0.5) is 5.69 Å². The highest BCUT2D eigenvalue weighted by atomic mass is 32.1. The molecule has 1 aromatic rings. The maximum absolute atomic E-state index is 9.46. The highest BCUT2D eigenvalue weighted by Crippen LogP contribution is 2.22. The van der Waals surface area contributed by atoms with E-state index in [2.05, 4.69) is 9.88 Å². The Balaban J connectivity index is 2.31. The van der Waals surface area contributed by atoms with Crippen LogP contribution in [0.2, 0.25) is 0 Å². The number of nitrogens with zero attached hydrogens (tertiary/aromatic N) is 2. The van der Waals surface area contributed by atoms with Gasteiger partial charge in [0.05, 0.1) is 11.8 Å². The number of β-amino-alcohol motifs (C(OH)–C–C–N with tert-alkyl or cyclic N) is 1. The van der Waals surface area contributed by atoms with E-state index in [1.165, 1.54) is 0 Å². The molecule has 2 rings (SSSR count). The van der Waals surface area contributed by atoms with Gasteiger partial charge in [0, 0.05) is 19.3 Å². The quantitative estimate of drug-likeness (QED) is 0.705. The standard InChI is InChI=1S/C10H13N3OS/c11-10(15)9-8(2-1-4-12-9)13-5-3-7(14)6-13/h1-2,4,7,14H,3,5-6H2,(H2,11,15). The second-order valence-electron chi connectivity index (χ2n) is 3.62. The molecule has 0 bridgehead atoms. The predicted octanol–water partition coefficient (Wildman–Crippen LogP) is 0.287. The first kappa shape index (κ1) is 10.3. The van der Waals surface area contributed by atoms with Gasteiger partial charge in [0.15, 0.2) is 0 Å². The lowest BCUT2D eigenvalue weighted by Gasteiger charge is -2.19. The largest absolute Gasteiger partial charge is 0.391 e. The first-order valence-electron chi connectivity index (χ1n) is 4.86. The molecule has 1 unspecified atom stereocenters. The van der Waals surface area contributed by atoms with Crippen molar-refractivity contribution in [2.75, 3.05) is 18.0 Å². The second-order valence-corrected chi connectivity index (χ2v) is 4.06. The molecule has 0 saturated carbocycles. The molecule has 1 saturated heterocycles. The molecule has 0 aromatic carbocycles. The smallest absolute Gasteiger partial charge is 0.124 e. The monoisotopic (exact) mass is 223 g/mol. The first-order chi connectivity index (χ1) is 7.18. The molecule has 1 atom stereocenters. The summed E-state index contributed by atoms with van der Waals surface area (Å²) < 4.78 is 0. The molecular formula is C10H13N3OS. The van der Waals surface area contributed by atoms with E-state index >= 15 is 0 Å². The highest BCUT2D eigenvalue weighted by Gasteiger charge is 2.23. The number of aliphatic hydroxyl groups is 1. The van der Waals surface area contributed by atoms with E-state index in [4.69, 9.17) is 18.0 Å². The number of hydrogen-bond donors (Lipinski definition) is 2. The van der Waals surface area contributed by atoms with Crippen LogP contribution in [0.5, 0.6) is 0 Å². The molecule has 0 aliphatic carbocycles. The lowest BCUT2D eigenvalue weighted by atomic mass is 10.2. The molecule has 3 N–H and O–H groups in total. The van der Waals surface area contributed by atoms with Gasteiger partial charge >= 0.3 is 0 Å². The van der Waals surface area contributed by atoms with Crippen molar-refractivity contribution < 1.29 is 5.11 Å². The molecule has 1 fully saturated rings. The second kappa shape index (κ2) is 4.12. The van der Waals surface area contributed by atoms with E-state index in [0.717, 1.165) is 18.7 Å². The third-order valence-corrected chi connectivity index (χ3v) is 2.72. The normalized spacial score (nSPS) is 20.6. The zero-order chi connectivity index (χ0) is 10.8. The third-order valence-electron chi connectivity index (χ3n) is 2.52. The van der Waals surface area contributed by atoms with Gasteiger partial charge in [-0.05, 0) is 18.6 Å². The van der Waals surface area contributed by atoms with Crippen molar-refractivity contribution in [1.29, 1.82) is 0 Å². The summed E-state index contributed by atoms with van der Waals surface area (Å²) in [6.07, 6.45) is 2.19. The maximum Gasteiger partial charge on any atom is 0.124 e. The Hall–Kier alpha value is -1.20. The number of thiocarbonyl (C=S) groups is 1. The van der Waals surface area contributed by atoms with Crippen LogP contribution in [0.1, 0.15) is 12.1 Å². The Bertz CT molecular complexity index is 383. The fraction of sp³-hybridized carbons (Fsp3) is 0.400. The Morgan fingerprint density at radius 1 is 1.67 bits per heavy atom. The van der Waals surface area contributed by atoms with Gasteiger partial charge in [0.2, 0.25) is 0 Å². The molecule has 0 radical (unpaired) electrons. The van der Waals surface area contributed by atoms with Crippen LogP contribution < -0.4 is 10.6 Å². The van der Waals surface area contributed by atoms with Gasteiger partial charge in [-0.25, -0.2) is 0 Å². The van der Waals surface area contributed by atoms with Gasteiger partial charge in [-0.3, -0.25) is 4.98 Å². The van der Waals surface area contributed by atoms with E-state index in [1.807, 2.05) is 12.1 Å². The molecule has 15 heavy (non-hydrogen) atoms. The Labute approximate surface area is 93.7 Å². The number of aliphatic hydroxyl groups excluding tert-OH is 1. The highest BCUT2D eigenvalue weighted by molar-refractivity contribution is 7.80.